The number of ether oxygens (including phenoxy) is 2. The maximum absolute atomic E-state index is 13.3. The number of carbonyl (C=O) groups is 3. The minimum atomic E-state index is -0.978. The van der Waals surface area contributed by atoms with Gasteiger partial charge in [0.1, 0.15) is 29.4 Å². The molecule has 0 heterocycles. The molecule has 0 N–H and O–H groups in total. The highest BCUT2D eigenvalue weighted by Crippen LogP contribution is 2.20. The van der Waals surface area contributed by atoms with Crippen molar-refractivity contribution in [1.29, 1.82) is 0 Å². The molecule has 3 aromatic carbocycles. The van der Waals surface area contributed by atoms with Crippen LogP contribution in [0.3, 0.4) is 0 Å². The first-order chi connectivity index (χ1) is 13.5. The second kappa shape index (κ2) is 8.22. The van der Waals surface area contributed by atoms with Crippen LogP contribution in [-0.4, -0.2) is 18.2 Å². The Kier molecular flexibility index (Phi) is 5.55. The van der Waals surface area contributed by atoms with E-state index in [1.807, 2.05) is 0 Å². The van der Waals surface area contributed by atoms with Crippen LogP contribution in [0.2, 0.25) is 0 Å². The Hall–Kier alpha value is -3.87. The van der Waals surface area contributed by atoms with Crippen LogP contribution in [0.25, 0.3) is 0 Å². The fourth-order valence-corrected chi connectivity index (χ4v) is 2.37. The quantitative estimate of drug-likeness (QED) is 0.376. The van der Waals surface area contributed by atoms with E-state index in [9.17, 15) is 23.2 Å². The summed E-state index contributed by atoms with van der Waals surface area (Å²) in [5.74, 6) is -3.80. The van der Waals surface area contributed by atoms with E-state index >= 15 is 0 Å². The summed E-state index contributed by atoms with van der Waals surface area (Å²) in [7, 11) is 0. The summed E-state index contributed by atoms with van der Waals surface area (Å²) in [6.07, 6.45) is 0.645. The Morgan fingerprint density at radius 1 is 0.714 bits per heavy atom. The van der Waals surface area contributed by atoms with Gasteiger partial charge < -0.3 is 9.47 Å². The third-order valence-electron chi connectivity index (χ3n) is 3.64. The Labute approximate surface area is 158 Å². The van der Waals surface area contributed by atoms with Gasteiger partial charge in [-0.1, -0.05) is 12.1 Å². The van der Waals surface area contributed by atoms with Crippen molar-refractivity contribution in [1.82, 2.24) is 0 Å². The lowest BCUT2D eigenvalue weighted by Gasteiger charge is -2.10. The SMILES string of the molecule is O=Cc1ccc(OC(=O)c2ccccc2C(=O)Oc2cc(F)cc(F)c2)cc1. The number of carbonyl (C=O) groups excluding carboxylic acids is 3. The van der Waals surface area contributed by atoms with Crippen LogP contribution < -0.4 is 9.47 Å². The summed E-state index contributed by atoms with van der Waals surface area (Å²) >= 11 is 0. The van der Waals surface area contributed by atoms with Gasteiger partial charge in [-0.2, -0.15) is 0 Å². The molecule has 0 aromatic heterocycles. The smallest absolute Gasteiger partial charge is 0.344 e. The van der Waals surface area contributed by atoms with Crippen molar-refractivity contribution < 1.29 is 32.6 Å². The van der Waals surface area contributed by atoms with E-state index in [2.05, 4.69) is 0 Å². The molecular formula is C21H12F2O5. The third-order valence-corrected chi connectivity index (χ3v) is 3.64. The van der Waals surface area contributed by atoms with E-state index in [0.29, 0.717) is 17.9 Å². The maximum atomic E-state index is 13.3. The number of benzene rings is 3. The van der Waals surface area contributed by atoms with Crippen LogP contribution in [0.15, 0.2) is 66.7 Å². The molecule has 0 amide bonds. The molecule has 7 heteroatoms. The molecule has 0 atom stereocenters. The standard InChI is InChI=1S/C21H12F2O5/c22-14-9-15(23)11-17(10-14)28-21(26)19-4-2-1-3-18(19)20(25)27-16-7-5-13(12-24)6-8-16/h1-12H. The lowest BCUT2D eigenvalue weighted by molar-refractivity contribution is 0.0691. The van der Waals surface area contributed by atoms with E-state index in [-0.39, 0.29) is 22.6 Å². The van der Waals surface area contributed by atoms with Gasteiger partial charge in [-0.05, 0) is 36.4 Å². The van der Waals surface area contributed by atoms with Gasteiger partial charge in [-0.3, -0.25) is 4.79 Å². The van der Waals surface area contributed by atoms with Crippen molar-refractivity contribution in [2.75, 3.05) is 0 Å². The van der Waals surface area contributed by atoms with Gasteiger partial charge in [-0.25, -0.2) is 18.4 Å². The zero-order chi connectivity index (χ0) is 20.1. The first-order valence-corrected chi connectivity index (χ1v) is 8.01. The zero-order valence-corrected chi connectivity index (χ0v) is 14.2. The predicted octanol–water partition coefficient (Wildman–Crippen LogP) is 4.22. The van der Waals surface area contributed by atoms with Gasteiger partial charge in [0.15, 0.2) is 0 Å². The van der Waals surface area contributed by atoms with Crippen LogP contribution in [-0.2, 0) is 0 Å². The first kappa shape index (κ1) is 18.9. The molecule has 0 bridgehead atoms. The van der Waals surface area contributed by atoms with Crippen molar-refractivity contribution >= 4 is 18.2 Å². The van der Waals surface area contributed by atoms with E-state index < -0.39 is 23.6 Å². The highest BCUT2D eigenvalue weighted by Gasteiger charge is 2.20. The molecule has 0 saturated carbocycles. The Bertz CT molecular complexity index is 1020. The molecule has 3 rings (SSSR count). The number of halogens is 2. The fourth-order valence-electron chi connectivity index (χ4n) is 2.37. The number of hydrogen-bond acceptors (Lipinski definition) is 5. The minimum absolute atomic E-state index is 0.0937. The molecule has 0 spiro atoms. The summed E-state index contributed by atoms with van der Waals surface area (Å²) in [6.45, 7) is 0. The highest BCUT2D eigenvalue weighted by molar-refractivity contribution is 6.04. The van der Waals surface area contributed by atoms with Gasteiger partial charge in [0.05, 0.1) is 11.1 Å². The van der Waals surface area contributed by atoms with Crippen molar-refractivity contribution in [3.05, 3.63) is 95.1 Å². The molecule has 0 aliphatic heterocycles. The van der Waals surface area contributed by atoms with Gasteiger partial charge in [0.25, 0.3) is 0 Å². The first-order valence-electron chi connectivity index (χ1n) is 8.01. The van der Waals surface area contributed by atoms with E-state index in [1.165, 1.54) is 48.5 Å². The lowest BCUT2D eigenvalue weighted by atomic mass is 10.1. The molecule has 0 aliphatic rings. The Morgan fingerprint density at radius 3 is 1.71 bits per heavy atom. The molecule has 0 radical (unpaired) electrons. The topological polar surface area (TPSA) is 69.7 Å². The second-order valence-electron chi connectivity index (χ2n) is 5.62. The maximum Gasteiger partial charge on any atom is 0.344 e. The molecular weight excluding hydrogens is 370 g/mol. The van der Waals surface area contributed by atoms with Crippen molar-refractivity contribution in [2.24, 2.45) is 0 Å². The third kappa shape index (κ3) is 4.45. The van der Waals surface area contributed by atoms with Crippen LogP contribution in [0.5, 0.6) is 11.5 Å². The van der Waals surface area contributed by atoms with Crippen molar-refractivity contribution in [3.63, 3.8) is 0 Å². The summed E-state index contributed by atoms with van der Waals surface area (Å²) in [4.78, 5) is 35.5. The number of rotatable bonds is 5. The lowest BCUT2D eigenvalue weighted by Crippen LogP contribution is -2.17. The molecule has 3 aromatic rings. The minimum Gasteiger partial charge on any atom is -0.423 e. The largest absolute Gasteiger partial charge is 0.423 e. The zero-order valence-electron chi connectivity index (χ0n) is 14.2. The molecule has 0 aliphatic carbocycles. The van der Waals surface area contributed by atoms with Crippen LogP contribution >= 0.6 is 0 Å². The van der Waals surface area contributed by atoms with Gasteiger partial charge in [0.2, 0.25) is 0 Å². The Balaban J connectivity index is 1.82. The number of aldehydes is 1. The average Bonchev–Trinajstić information content (AvgIpc) is 2.67. The van der Waals surface area contributed by atoms with E-state index in [4.69, 9.17) is 9.47 Å². The van der Waals surface area contributed by atoms with Crippen molar-refractivity contribution in [3.8, 4) is 11.5 Å². The normalized spacial score (nSPS) is 10.2. The van der Waals surface area contributed by atoms with Gasteiger partial charge in [-0.15, -0.1) is 0 Å². The average molecular weight is 382 g/mol. The predicted molar refractivity (Wildman–Crippen MR) is 94.5 cm³/mol. The van der Waals surface area contributed by atoms with Crippen LogP contribution in [0, 0.1) is 11.6 Å². The van der Waals surface area contributed by atoms with E-state index in [0.717, 1.165) is 12.1 Å². The summed E-state index contributed by atoms with van der Waals surface area (Å²) in [5.41, 5.74) is 0.177. The monoisotopic (exact) mass is 382 g/mol. The second-order valence-corrected chi connectivity index (χ2v) is 5.62. The molecule has 0 unspecified atom stereocenters. The summed E-state index contributed by atoms with van der Waals surface area (Å²) in [6, 6.07) is 13.8. The fraction of sp³-hybridized carbons (Fsp3) is 0. The molecule has 0 fully saturated rings. The Morgan fingerprint density at radius 2 is 1.21 bits per heavy atom. The highest BCUT2D eigenvalue weighted by atomic mass is 19.1. The van der Waals surface area contributed by atoms with Crippen molar-refractivity contribution in [2.45, 2.75) is 0 Å². The van der Waals surface area contributed by atoms with Crippen LogP contribution in [0.1, 0.15) is 31.1 Å². The summed E-state index contributed by atoms with van der Waals surface area (Å²) in [5, 5.41) is 0. The molecule has 140 valence electrons. The number of esters is 2. The van der Waals surface area contributed by atoms with E-state index in [1.54, 1.807) is 0 Å². The molecule has 0 saturated heterocycles. The van der Waals surface area contributed by atoms with Gasteiger partial charge >= 0.3 is 11.9 Å². The van der Waals surface area contributed by atoms with Crippen LogP contribution in [0.4, 0.5) is 8.78 Å². The molecule has 5 nitrogen and oxygen atoms in total. The number of hydrogen-bond donors (Lipinski definition) is 0. The molecule has 28 heavy (non-hydrogen) atoms. The summed E-state index contributed by atoms with van der Waals surface area (Å²) < 4.78 is 36.7. The van der Waals surface area contributed by atoms with Gasteiger partial charge in [0, 0.05) is 23.8 Å².